The number of thiophene rings is 2. The van der Waals surface area contributed by atoms with Crippen LogP contribution in [0.1, 0.15) is 22.3 Å². The molecule has 0 radical (unpaired) electrons. The van der Waals surface area contributed by atoms with Crippen LogP contribution in [0, 0.1) is 0 Å². The number of rotatable bonds is 1. The van der Waals surface area contributed by atoms with Gasteiger partial charge in [-0.1, -0.05) is 48.5 Å². The van der Waals surface area contributed by atoms with Gasteiger partial charge in [0.1, 0.15) is 11.8 Å². The van der Waals surface area contributed by atoms with Crippen molar-refractivity contribution in [2.24, 2.45) is 0 Å². The number of benzene rings is 4. The van der Waals surface area contributed by atoms with Crippen LogP contribution >= 0.6 is 22.7 Å². The Morgan fingerprint density at radius 3 is 1.71 bits per heavy atom. The minimum absolute atomic E-state index is 0.422. The Morgan fingerprint density at radius 1 is 0.561 bits per heavy atom. The summed E-state index contributed by atoms with van der Waals surface area (Å²) in [6, 6.07) is 35.8. The van der Waals surface area contributed by atoms with Crippen LogP contribution in [-0.2, 0) is 5.41 Å². The third-order valence-electron chi connectivity index (χ3n) is 8.85. The number of imidazole rings is 1. The molecule has 0 saturated heterocycles. The van der Waals surface area contributed by atoms with Gasteiger partial charge in [-0.15, -0.1) is 22.7 Å². The van der Waals surface area contributed by atoms with Crippen LogP contribution in [0.2, 0.25) is 0 Å². The first-order valence-electron chi connectivity index (χ1n) is 13.6. The van der Waals surface area contributed by atoms with E-state index in [9.17, 15) is 0 Å². The van der Waals surface area contributed by atoms with Gasteiger partial charge in [0.05, 0.1) is 16.8 Å². The largest absolute Gasteiger partial charge is 0.247 e. The van der Waals surface area contributed by atoms with Crippen LogP contribution in [0.3, 0.4) is 0 Å². The van der Waals surface area contributed by atoms with E-state index in [-0.39, 0.29) is 0 Å². The predicted octanol–water partition coefficient (Wildman–Crippen LogP) is 9.14. The van der Waals surface area contributed by atoms with Crippen LogP contribution in [0.4, 0.5) is 11.4 Å². The second-order valence-electron chi connectivity index (χ2n) is 10.8. The third kappa shape index (κ3) is 2.65. The highest BCUT2D eigenvalue weighted by Crippen LogP contribution is 2.65. The first kappa shape index (κ1) is 22.0. The second kappa shape index (κ2) is 7.69. The van der Waals surface area contributed by atoms with E-state index in [0.717, 1.165) is 22.5 Å². The molecule has 0 saturated carbocycles. The molecule has 0 amide bonds. The Kier molecular flexibility index (Phi) is 4.12. The molecular weight excluding hydrogens is 541 g/mol. The van der Waals surface area contributed by atoms with E-state index in [1.54, 1.807) is 0 Å². The molecule has 1 aliphatic heterocycles. The minimum Gasteiger partial charge on any atom is -0.247 e. The van der Waals surface area contributed by atoms with Gasteiger partial charge in [-0.25, -0.2) is 19.7 Å². The topological polar surface area (TPSA) is 34.0 Å². The maximum atomic E-state index is 4.72. The lowest BCUT2D eigenvalue weighted by atomic mass is 9.65. The highest BCUT2D eigenvalue weighted by atomic mass is 32.1. The Balaban J connectivity index is 1.44. The highest BCUT2D eigenvalue weighted by Gasteiger charge is 2.53. The maximum absolute atomic E-state index is 4.72. The van der Waals surface area contributed by atoms with Crippen molar-refractivity contribution < 1.29 is 0 Å². The SMILES string of the molecule is c1ccc2cc3c(cc2c1)N(n1cnc2ncccc21)c1cc2ccccc2cc1C31c2ccsc2-c2sccc21. The molecule has 1 aliphatic carbocycles. The third-order valence-corrected chi connectivity index (χ3v) is 10.8. The molecule has 4 aromatic heterocycles. The zero-order chi connectivity index (χ0) is 26.7. The van der Waals surface area contributed by atoms with E-state index in [2.05, 4.69) is 116 Å². The molecule has 0 fully saturated rings. The molecule has 192 valence electrons. The molecule has 0 unspecified atom stereocenters. The second-order valence-corrected chi connectivity index (χ2v) is 12.6. The van der Waals surface area contributed by atoms with Crippen molar-refractivity contribution in [1.29, 1.82) is 0 Å². The highest BCUT2D eigenvalue weighted by molar-refractivity contribution is 7.21. The average molecular weight is 561 g/mol. The van der Waals surface area contributed by atoms with Crippen molar-refractivity contribution in [3.8, 4) is 9.75 Å². The van der Waals surface area contributed by atoms with Crippen LogP contribution in [0.15, 0.2) is 120 Å². The van der Waals surface area contributed by atoms with Crippen LogP contribution < -0.4 is 5.01 Å². The molecule has 5 heterocycles. The van der Waals surface area contributed by atoms with Crippen molar-refractivity contribution in [3.05, 3.63) is 143 Å². The first-order chi connectivity index (χ1) is 20.3. The van der Waals surface area contributed by atoms with Gasteiger partial charge < -0.3 is 0 Å². The van der Waals surface area contributed by atoms with Gasteiger partial charge in [0.2, 0.25) is 0 Å². The molecule has 1 spiro atoms. The molecule has 0 bridgehead atoms. The summed E-state index contributed by atoms with van der Waals surface area (Å²) in [7, 11) is 0. The molecule has 41 heavy (non-hydrogen) atoms. The molecule has 10 rings (SSSR count). The number of fused-ring (bicyclic) bond motifs is 12. The lowest BCUT2D eigenvalue weighted by molar-refractivity contribution is 0.715. The van der Waals surface area contributed by atoms with Crippen molar-refractivity contribution in [1.82, 2.24) is 14.6 Å². The molecule has 6 heteroatoms. The summed E-state index contributed by atoms with van der Waals surface area (Å²) >= 11 is 3.71. The Hall–Kier alpha value is -4.78. The van der Waals surface area contributed by atoms with Gasteiger partial charge in [0.25, 0.3) is 0 Å². The first-order valence-corrected chi connectivity index (χ1v) is 15.4. The zero-order valence-corrected chi connectivity index (χ0v) is 23.3. The summed E-state index contributed by atoms with van der Waals surface area (Å²) in [5, 5.41) is 11.8. The minimum atomic E-state index is -0.422. The number of nitrogens with zero attached hydrogens (tertiary/aromatic N) is 4. The fourth-order valence-electron chi connectivity index (χ4n) is 7.20. The van der Waals surface area contributed by atoms with Crippen LogP contribution in [0.5, 0.6) is 0 Å². The van der Waals surface area contributed by atoms with Crippen molar-refractivity contribution in [3.63, 3.8) is 0 Å². The molecule has 2 aliphatic rings. The summed E-state index contributed by atoms with van der Waals surface area (Å²) in [5.74, 6) is 0. The van der Waals surface area contributed by atoms with Crippen LogP contribution in [0.25, 0.3) is 42.5 Å². The Labute approximate surface area is 243 Å². The van der Waals surface area contributed by atoms with E-state index in [1.807, 2.05) is 41.3 Å². The van der Waals surface area contributed by atoms with Crippen molar-refractivity contribution >= 4 is 66.8 Å². The van der Waals surface area contributed by atoms with Gasteiger partial charge in [0.15, 0.2) is 5.65 Å². The Morgan fingerprint density at radius 2 is 1.12 bits per heavy atom. The zero-order valence-electron chi connectivity index (χ0n) is 21.7. The quantitative estimate of drug-likeness (QED) is 0.201. The van der Waals surface area contributed by atoms with E-state index >= 15 is 0 Å². The van der Waals surface area contributed by atoms with E-state index in [4.69, 9.17) is 4.98 Å². The van der Waals surface area contributed by atoms with Gasteiger partial charge in [0, 0.05) is 16.0 Å². The fraction of sp³-hybridized carbons (Fsp3) is 0.0286. The molecule has 8 aromatic rings. The molecule has 4 aromatic carbocycles. The lowest BCUT2D eigenvalue weighted by Crippen LogP contribution is -2.39. The monoisotopic (exact) mass is 560 g/mol. The van der Waals surface area contributed by atoms with Crippen molar-refractivity contribution in [2.75, 3.05) is 5.01 Å². The van der Waals surface area contributed by atoms with Crippen molar-refractivity contribution in [2.45, 2.75) is 5.41 Å². The standard InChI is InChI=1S/C35H20N4S2/c1-3-8-23-18-30-27(16-21(23)6-1)35(25-11-14-40-32(25)33-26(35)12-15-41-33)28-17-22-7-2-4-9-24(22)19-31(28)39(30)38-20-37-34-29(38)10-5-13-36-34/h1-20H. The number of anilines is 2. The average Bonchev–Trinajstić information content (AvgIpc) is 3.80. The Bertz CT molecular complexity index is 2230. The van der Waals surface area contributed by atoms with Gasteiger partial charge in [-0.05, 0) is 103 Å². The molecular formula is C35H20N4S2. The summed E-state index contributed by atoms with van der Waals surface area (Å²) in [4.78, 5) is 12.1. The lowest BCUT2D eigenvalue weighted by Gasteiger charge is -2.45. The maximum Gasteiger partial charge on any atom is 0.179 e. The predicted molar refractivity (Wildman–Crippen MR) is 170 cm³/mol. The van der Waals surface area contributed by atoms with Gasteiger partial charge in [-0.2, -0.15) is 0 Å². The number of hydrogen-bond acceptors (Lipinski definition) is 5. The van der Waals surface area contributed by atoms with E-state index < -0.39 is 5.41 Å². The number of pyridine rings is 1. The van der Waals surface area contributed by atoms with Gasteiger partial charge >= 0.3 is 0 Å². The van der Waals surface area contributed by atoms with Gasteiger partial charge in [-0.3, -0.25) is 0 Å². The summed E-state index contributed by atoms with van der Waals surface area (Å²) < 4.78 is 2.18. The van der Waals surface area contributed by atoms with Crippen LogP contribution in [-0.4, -0.2) is 14.6 Å². The summed E-state index contributed by atoms with van der Waals surface area (Å²) in [6.07, 6.45) is 3.72. The summed E-state index contributed by atoms with van der Waals surface area (Å²) in [5.41, 5.74) is 8.95. The molecule has 0 atom stereocenters. The van der Waals surface area contributed by atoms with E-state index in [1.165, 1.54) is 53.6 Å². The summed E-state index contributed by atoms with van der Waals surface area (Å²) in [6.45, 7) is 0. The fourth-order valence-corrected chi connectivity index (χ4v) is 9.30. The molecule has 0 N–H and O–H groups in total. The van der Waals surface area contributed by atoms with E-state index in [0.29, 0.717) is 0 Å². The number of hydrogen-bond donors (Lipinski definition) is 0. The normalized spacial score (nSPS) is 14.5. The molecule has 4 nitrogen and oxygen atoms in total. The smallest absolute Gasteiger partial charge is 0.179 e. The number of aromatic nitrogens is 3.